The van der Waals surface area contributed by atoms with Gasteiger partial charge in [-0.3, -0.25) is 10.1 Å². The topological polar surface area (TPSA) is 60.9 Å². The molecule has 0 radical (unpaired) electrons. The summed E-state index contributed by atoms with van der Waals surface area (Å²) in [6.45, 7) is 6.31. The molecule has 1 aliphatic rings. The summed E-state index contributed by atoms with van der Waals surface area (Å²) in [5.74, 6) is 0. The first-order chi connectivity index (χ1) is 11.2. The number of likely N-dealkylation sites (N-methyl/N-ethyl adjacent to an activating group) is 1. The van der Waals surface area contributed by atoms with Crippen LogP contribution in [0.2, 0.25) is 0 Å². The Balaban J connectivity index is 1.60. The van der Waals surface area contributed by atoms with E-state index in [0.717, 1.165) is 54.2 Å². The number of nitrogens with one attached hydrogen (secondary N) is 1. The number of pyridine rings is 2. The lowest BCUT2D eigenvalue weighted by molar-refractivity contribution is 0.313. The molecule has 0 atom stereocenters. The molecule has 1 N–H and O–H groups in total. The first-order valence-corrected chi connectivity index (χ1v) is 7.91. The molecule has 6 nitrogen and oxygen atoms in total. The molecule has 0 saturated carbocycles. The van der Waals surface area contributed by atoms with E-state index in [2.05, 4.69) is 55.2 Å². The molecule has 1 aliphatic heterocycles. The van der Waals surface area contributed by atoms with Crippen LogP contribution >= 0.6 is 0 Å². The molecule has 3 aromatic rings. The van der Waals surface area contributed by atoms with E-state index in [1.54, 1.807) is 0 Å². The van der Waals surface area contributed by atoms with Gasteiger partial charge in [-0.05, 0) is 32.2 Å². The average Bonchev–Trinajstić information content (AvgIpc) is 2.96. The highest BCUT2D eigenvalue weighted by atomic mass is 15.2. The predicted octanol–water partition coefficient (Wildman–Crippen LogP) is 2.08. The first-order valence-electron chi connectivity index (χ1n) is 7.91. The number of hydrogen-bond donors (Lipinski definition) is 1. The molecule has 0 unspecified atom stereocenters. The average molecular weight is 308 g/mol. The first kappa shape index (κ1) is 14.1. The standard InChI is InChI=1S/C17H20N6/c1-12-15-9-13(10-19-17(15)21-20-12)16-4-3-14(11-18-16)23-7-5-22(2)6-8-23/h3-4,9-11H,5-8H2,1-2H3,(H,19,20,21). The van der Waals surface area contributed by atoms with Crippen molar-refractivity contribution in [2.45, 2.75) is 6.92 Å². The Labute approximate surface area is 135 Å². The second-order valence-corrected chi connectivity index (χ2v) is 6.14. The van der Waals surface area contributed by atoms with Gasteiger partial charge in [0.15, 0.2) is 5.65 Å². The maximum Gasteiger partial charge on any atom is 0.181 e. The van der Waals surface area contributed by atoms with E-state index in [-0.39, 0.29) is 0 Å². The number of aromatic amines is 1. The lowest BCUT2D eigenvalue weighted by atomic mass is 10.1. The molecular weight excluding hydrogens is 288 g/mol. The lowest BCUT2D eigenvalue weighted by Gasteiger charge is -2.33. The summed E-state index contributed by atoms with van der Waals surface area (Å²) in [6, 6.07) is 6.32. The molecule has 1 saturated heterocycles. The maximum atomic E-state index is 4.64. The number of aromatic nitrogens is 4. The smallest absolute Gasteiger partial charge is 0.181 e. The highest BCUT2D eigenvalue weighted by molar-refractivity contribution is 5.82. The van der Waals surface area contributed by atoms with Crippen molar-refractivity contribution >= 4 is 16.7 Å². The summed E-state index contributed by atoms with van der Waals surface area (Å²) < 4.78 is 0. The van der Waals surface area contributed by atoms with Crippen LogP contribution in [0.4, 0.5) is 5.69 Å². The van der Waals surface area contributed by atoms with Gasteiger partial charge in [0.05, 0.1) is 17.6 Å². The molecule has 0 aromatic carbocycles. The van der Waals surface area contributed by atoms with Crippen molar-refractivity contribution in [2.75, 3.05) is 38.1 Å². The minimum atomic E-state index is 0.750. The number of fused-ring (bicyclic) bond motifs is 1. The van der Waals surface area contributed by atoms with E-state index in [9.17, 15) is 0 Å². The van der Waals surface area contributed by atoms with Crippen LogP contribution in [-0.4, -0.2) is 58.3 Å². The molecule has 4 heterocycles. The summed E-state index contributed by atoms with van der Waals surface area (Å²) in [5, 5.41) is 8.18. The second kappa shape index (κ2) is 5.62. The lowest BCUT2D eigenvalue weighted by Crippen LogP contribution is -2.44. The summed E-state index contributed by atoms with van der Waals surface area (Å²) in [7, 11) is 2.17. The zero-order chi connectivity index (χ0) is 15.8. The second-order valence-electron chi connectivity index (χ2n) is 6.14. The number of anilines is 1. The van der Waals surface area contributed by atoms with Crippen molar-refractivity contribution < 1.29 is 0 Å². The van der Waals surface area contributed by atoms with Gasteiger partial charge in [-0.25, -0.2) is 4.98 Å². The third-order valence-electron chi connectivity index (χ3n) is 4.51. The molecule has 118 valence electrons. The minimum Gasteiger partial charge on any atom is -0.368 e. The molecule has 3 aromatic heterocycles. The fraction of sp³-hybridized carbons (Fsp3) is 0.353. The number of rotatable bonds is 2. The van der Waals surface area contributed by atoms with Crippen LogP contribution in [0.15, 0.2) is 30.6 Å². The number of piperazine rings is 1. The Morgan fingerprint density at radius 3 is 2.61 bits per heavy atom. The van der Waals surface area contributed by atoms with Gasteiger partial charge in [-0.2, -0.15) is 5.10 Å². The number of H-pyrrole nitrogens is 1. The van der Waals surface area contributed by atoms with Gasteiger partial charge >= 0.3 is 0 Å². The van der Waals surface area contributed by atoms with Crippen LogP contribution in [0, 0.1) is 6.92 Å². The van der Waals surface area contributed by atoms with Crippen molar-refractivity contribution in [1.82, 2.24) is 25.1 Å². The zero-order valence-corrected chi connectivity index (χ0v) is 13.5. The van der Waals surface area contributed by atoms with E-state index >= 15 is 0 Å². The summed E-state index contributed by atoms with van der Waals surface area (Å²) in [4.78, 5) is 13.8. The van der Waals surface area contributed by atoms with Gasteiger partial charge in [0.25, 0.3) is 0 Å². The van der Waals surface area contributed by atoms with Crippen molar-refractivity contribution in [3.63, 3.8) is 0 Å². The van der Waals surface area contributed by atoms with Crippen LogP contribution in [0.1, 0.15) is 5.69 Å². The zero-order valence-electron chi connectivity index (χ0n) is 13.5. The number of aryl methyl sites for hydroxylation is 1. The minimum absolute atomic E-state index is 0.750. The summed E-state index contributed by atoms with van der Waals surface area (Å²) in [5.41, 5.74) is 4.93. The normalized spacial score (nSPS) is 16.2. The molecule has 6 heteroatoms. The van der Waals surface area contributed by atoms with Crippen LogP contribution in [-0.2, 0) is 0 Å². The molecular formula is C17H20N6. The molecule has 4 rings (SSSR count). The SMILES string of the molecule is Cc1[nH]nc2ncc(-c3ccc(N4CCN(C)CC4)cn3)cc12. The Kier molecular flexibility index (Phi) is 3.46. The maximum absolute atomic E-state index is 4.64. The third kappa shape index (κ3) is 2.66. The van der Waals surface area contributed by atoms with E-state index < -0.39 is 0 Å². The Hall–Kier alpha value is -2.47. The van der Waals surface area contributed by atoms with Crippen molar-refractivity contribution in [3.05, 3.63) is 36.3 Å². The largest absolute Gasteiger partial charge is 0.368 e. The molecule has 0 spiro atoms. The van der Waals surface area contributed by atoms with Crippen molar-refractivity contribution in [1.29, 1.82) is 0 Å². The summed E-state index contributed by atoms with van der Waals surface area (Å²) >= 11 is 0. The molecule has 1 fully saturated rings. The number of hydrogen-bond acceptors (Lipinski definition) is 5. The highest BCUT2D eigenvalue weighted by Gasteiger charge is 2.14. The molecule has 0 amide bonds. The van der Waals surface area contributed by atoms with E-state index in [1.807, 2.05) is 19.3 Å². The molecule has 0 bridgehead atoms. The van der Waals surface area contributed by atoms with Gasteiger partial charge < -0.3 is 9.80 Å². The molecule has 23 heavy (non-hydrogen) atoms. The van der Waals surface area contributed by atoms with E-state index in [4.69, 9.17) is 0 Å². The predicted molar refractivity (Wildman–Crippen MR) is 91.6 cm³/mol. The fourth-order valence-electron chi connectivity index (χ4n) is 2.97. The fourth-order valence-corrected chi connectivity index (χ4v) is 2.97. The highest BCUT2D eigenvalue weighted by Crippen LogP contribution is 2.24. The monoisotopic (exact) mass is 308 g/mol. The number of nitrogens with zero attached hydrogens (tertiary/aromatic N) is 5. The van der Waals surface area contributed by atoms with Gasteiger partial charge in [0.2, 0.25) is 0 Å². The van der Waals surface area contributed by atoms with Crippen LogP contribution in [0.3, 0.4) is 0 Å². The van der Waals surface area contributed by atoms with Crippen LogP contribution in [0.25, 0.3) is 22.3 Å². The van der Waals surface area contributed by atoms with Crippen LogP contribution < -0.4 is 4.90 Å². The molecule has 0 aliphatic carbocycles. The summed E-state index contributed by atoms with van der Waals surface area (Å²) in [6.07, 6.45) is 3.80. The van der Waals surface area contributed by atoms with Crippen molar-refractivity contribution in [2.24, 2.45) is 0 Å². The Morgan fingerprint density at radius 1 is 1.04 bits per heavy atom. The van der Waals surface area contributed by atoms with Crippen LogP contribution in [0.5, 0.6) is 0 Å². The van der Waals surface area contributed by atoms with E-state index in [1.165, 1.54) is 5.69 Å². The van der Waals surface area contributed by atoms with Gasteiger partial charge in [0.1, 0.15) is 0 Å². The van der Waals surface area contributed by atoms with Gasteiger partial charge in [-0.1, -0.05) is 0 Å². The Morgan fingerprint density at radius 2 is 1.87 bits per heavy atom. The van der Waals surface area contributed by atoms with Crippen molar-refractivity contribution in [3.8, 4) is 11.3 Å². The third-order valence-corrected chi connectivity index (χ3v) is 4.51. The van der Waals surface area contributed by atoms with Gasteiger partial charge in [-0.15, -0.1) is 0 Å². The quantitative estimate of drug-likeness (QED) is 0.785. The van der Waals surface area contributed by atoms with E-state index in [0.29, 0.717) is 0 Å². The Bertz CT molecular complexity index is 815. The van der Waals surface area contributed by atoms with Gasteiger partial charge in [0, 0.05) is 49.0 Å².